The van der Waals surface area contributed by atoms with E-state index in [4.69, 9.17) is 9.88 Å². The lowest BCUT2D eigenvalue weighted by Gasteiger charge is -2.12. The number of alkyl halides is 2. The van der Waals surface area contributed by atoms with Crippen molar-refractivity contribution in [1.82, 2.24) is 0 Å². The number of primary sulfonamides is 1. The maximum atomic E-state index is 12.6. The van der Waals surface area contributed by atoms with Crippen LogP contribution in [0.25, 0.3) is 6.08 Å². The molecule has 150 valence electrons. The molecule has 28 heavy (non-hydrogen) atoms. The molecule has 0 aromatic heterocycles. The zero-order valence-electron chi connectivity index (χ0n) is 15.0. The van der Waals surface area contributed by atoms with Gasteiger partial charge in [0.15, 0.2) is 11.5 Å². The summed E-state index contributed by atoms with van der Waals surface area (Å²) in [6, 6.07) is 8.69. The summed E-state index contributed by atoms with van der Waals surface area (Å²) in [5.74, 6) is -0.745. The van der Waals surface area contributed by atoms with E-state index in [2.05, 4.69) is 10.1 Å². The summed E-state index contributed by atoms with van der Waals surface area (Å²) < 4.78 is 57.8. The average Bonchev–Trinajstić information content (AvgIpc) is 2.61. The summed E-state index contributed by atoms with van der Waals surface area (Å²) in [5, 5.41) is 7.61. The number of anilines is 1. The average molecular weight is 412 g/mol. The van der Waals surface area contributed by atoms with Gasteiger partial charge in [-0.1, -0.05) is 18.2 Å². The standard InChI is InChI=1S/C18H18F2N2O5S/c1-11-6-8-13(10-15(11)28(21,24)25)22-16(23)9-7-12-4-3-5-14(26-2)17(12)27-18(19)20/h3-10,18H,1-2H3,(H,22,23)(H2,21,24,25)/b9-7+. The van der Waals surface area contributed by atoms with Crippen molar-refractivity contribution in [2.45, 2.75) is 18.4 Å². The van der Waals surface area contributed by atoms with Gasteiger partial charge in [-0.2, -0.15) is 8.78 Å². The van der Waals surface area contributed by atoms with Crippen LogP contribution >= 0.6 is 0 Å². The quantitative estimate of drug-likeness (QED) is 0.680. The van der Waals surface area contributed by atoms with Gasteiger partial charge in [0.25, 0.3) is 0 Å². The first-order chi connectivity index (χ1) is 13.1. The summed E-state index contributed by atoms with van der Waals surface area (Å²) in [6.07, 6.45) is 2.36. The Bertz CT molecular complexity index is 1010. The van der Waals surface area contributed by atoms with E-state index in [0.717, 1.165) is 6.08 Å². The molecule has 10 heteroatoms. The lowest BCUT2D eigenvalue weighted by molar-refractivity contribution is -0.111. The van der Waals surface area contributed by atoms with Crippen molar-refractivity contribution in [1.29, 1.82) is 0 Å². The smallest absolute Gasteiger partial charge is 0.387 e. The maximum absolute atomic E-state index is 12.6. The summed E-state index contributed by atoms with van der Waals surface area (Å²) >= 11 is 0. The van der Waals surface area contributed by atoms with E-state index in [1.807, 2.05) is 0 Å². The van der Waals surface area contributed by atoms with Crippen molar-refractivity contribution in [3.8, 4) is 11.5 Å². The van der Waals surface area contributed by atoms with Gasteiger partial charge in [0.1, 0.15) is 0 Å². The van der Waals surface area contributed by atoms with E-state index in [1.54, 1.807) is 13.0 Å². The molecule has 0 bridgehead atoms. The van der Waals surface area contributed by atoms with Crippen LogP contribution in [0.2, 0.25) is 0 Å². The Labute approximate surface area is 160 Å². The molecule has 0 saturated heterocycles. The summed E-state index contributed by atoms with van der Waals surface area (Å²) in [7, 11) is -2.64. The van der Waals surface area contributed by atoms with Crippen molar-refractivity contribution in [2.24, 2.45) is 5.14 Å². The van der Waals surface area contributed by atoms with Crippen LogP contribution in [0.3, 0.4) is 0 Å². The third kappa shape index (κ3) is 5.51. The lowest BCUT2D eigenvalue weighted by Crippen LogP contribution is -2.15. The normalized spacial score (nSPS) is 11.6. The Hall–Kier alpha value is -2.98. The number of aryl methyl sites for hydroxylation is 1. The molecule has 3 N–H and O–H groups in total. The van der Waals surface area contributed by atoms with Crippen molar-refractivity contribution in [2.75, 3.05) is 12.4 Å². The fraction of sp³-hybridized carbons (Fsp3) is 0.167. The van der Waals surface area contributed by atoms with Crippen molar-refractivity contribution < 1.29 is 31.5 Å². The number of nitrogens with two attached hydrogens (primary N) is 1. The zero-order chi connectivity index (χ0) is 20.9. The first kappa shape index (κ1) is 21.3. The molecule has 0 heterocycles. The molecule has 0 aliphatic rings. The van der Waals surface area contributed by atoms with E-state index >= 15 is 0 Å². The monoisotopic (exact) mass is 412 g/mol. The molecule has 2 aromatic rings. The lowest BCUT2D eigenvalue weighted by atomic mass is 10.1. The summed E-state index contributed by atoms with van der Waals surface area (Å²) in [5.41, 5.74) is 0.837. The number of carbonyl (C=O) groups is 1. The molecule has 2 rings (SSSR count). The molecular weight excluding hydrogens is 394 g/mol. The van der Waals surface area contributed by atoms with E-state index in [-0.39, 0.29) is 27.6 Å². The number of ether oxygens (including phenoxy) is 2. The number of hydrogen-bond donors (Lipinski definition) is 2. The fourth-order valence-corrected chi connectivity index (χ4v) is 3.18. The molecule has 7 nitrogen and oxygen atoms in total. The molecule has 0 fully saturated rings. The molecule has 0 atom stereocenters. The number of nitrogens with one attached hydrogen (secondary N) is 1. The van der Waals surface area contributed by atoms with Gasteiger partial charge >= 0.3 is 6.61 Å². The second-order valence-corrected chi connectivity index (χ2v) is 7.13. The molecule has 0 saturated carbocycles. The highest BCUT2D eigenvalue weighted by Gasteiger charge is 2.15. The SMILES string of the molecule is COc1cccc(/C=C/C(=O)Nc2ccc(C)c(S(N)(=O)=O)c2)c1OC(F)F. The van der Waals surface area contributed by atoms with Crippen LogP contribution in [0.5, 0.6) is 11.5 Å². The molecule has 0 aliphatic carbocycles. The number of methoxy groups -OCH3 is 1. The van der Waals surface area contributed by atoms with Gasteiger partial charge in [-0.25, -0.2) is 13.6 Å². The number of sulfonamides is 1. The third-order valence-corrected chi connectivity index (χ3v) is 4.67. The Morgan fingerprint density at radius 3 is 2.57 bits per heavy atom. The van der Waals surface area contributed by atoms with E-state index in [0.29, 0.717) is 5.56 Å². The van der Waals surface area contributed by atoms with Crippen molar-refractivity contribution in [3.63, 3.8) is 0 Å². The fourth-order valence-electron chi connectivity index (χ4n) is 2.37. The molecular formula is C18H18F2N2O5S. The van der Waals surface area contributed by atoms with E-state index < -0.39 is 22.5 Å². The summed E-state index contributed by atoms with van der Waals surface area (Å²) in [4.78, 5) is 12.0. The van der Waals surface area contributed by atoms with Crippen LogP contribution in [0.4, 0.5) is 14.5 Å². The van der Waals surface area contributed by atoms with Crippen molar-refractivity contribution in [3.05, 3.63) is 53.6 Å². The van der Waals surface area contributed by atoms with Crippen LogP contribution in [0.1, 0.15) is 11.1 Å². The number of hydrogen-bond acceptors (Lipinski definition) is 5. The zero-order valence-corrected chi connectivity index (χ0v) is 15.8. The molecule has 2 aromatic carbocycles. The highest BCUT2D eigenvalue weighted by atomic mass is 32.2. The van der Waals surface area contributed by atoms with Crippen LogP contribution in [-0.2, 0) is 14.8 Å². The van der Waals surface area contributed by atoms with Gasteiger partial charge in [0.05, 0.1) is 12.0 Å². The van der Waals surface area contributed by atoms with Crippen LogP contribution in [0.15, 0.2) is 47.4 Å². The minimum atomic E-state index is -3.94. The first-order valence-corrected chi connectivity index (χ1v) is 9.40. The first-order valence-electron chi connectivity index (χ1n) is 7.86. The number of carbonyl (C=O) groups excluding carboxylic acids is 1. The van der Waals surface area contributed by atoms with Gasteiger partial charge < -0.3 is 14.8 Å². The third-order valence-electron chi connectivity index (χ3n) is 3.61. The minimum absolute atomic E-state index is 0.0826. The second-order valence-electron chi connectivity index (χ2n) is 5.60. The number of benzene rings is 2. The number of rotatable bonds is 7. The van der Waals surface area contributed by atoms with Gasteiger partial charge in [0, 0.05) is 17.3 Å². The Kier molecular flexibility index (Phi) is 6.71. The predicted molar refractivity (Wildman–Crippen MR) is 99.8 cm³/mol. The highest BCUT2D eigenvalue weighted by Crippen LogP contribution is 2.33. The predicted octanol–water partition coefficient (Wildman–Crippen LogP) is 2.90. The highest BCUT2D eigenvalue weighted by molar-refractivity contribution is 7.89. The molecule has 0 aliphatic heterocycles. The van der Waals surface area contributed by atoms with E-state index in [9.17, 15) is 22.0 Å². The number of amides is 1. The summed E-state index contributed by atoms with van der Waals surface area (Å²) in [6.45, 7) is -1.50. The molecule has 1 amide bonds. The topological polar surface area (TPSA) is 108 Å². The number of halogens is 2. The van der Waals surface area contributed by atoms with Gasteiger partial charge in [-0.3, -0.25) is 4.79 Å². The van der Waals surface area contributed by atoms with Gasteiger partial charge in [-0.05, 0) is 36.8 Å². The van der Waals surface area contributed by atoms with Crippen LogP contribution in [-0.4, -0.2) is 28.0 Å². The van der Waals surface area contributed by atoms with Crippen LogP contribution in [0, 0.1) is 6.92 Å². The van der Waals surface area contributed by atoms with Crippen molar-refractivity contribution >= 4 is 27.7 Å². The van der Waals surface area contributed by atoms with Gasteiger partial charge in [0.2, 0.25) is 15.9 Å². The molecule has 0 radical (unpaired) electrons. The largest absolute Gasteiger partial charge is 0.493 e. The maximum Gasteiger partial charge on any atom is 0.387 e. The Balaban J connectivity index is 2.24. The van der Waals surface area contributed by atoms with Crippen LogP contribution < -0.4 is 19.9 Å². The Morgan fingerprint density at radius 1 is 1.25 bits per heavy atom. The number of para-hydroxylation sites is 1. The second kappa shape index (κ2) is 8.81. The van der Waals surface area contributed by atoms with Gasteiger partial charge in [-0.15, -0.1) is 0 Å². The molecule has 0 unspecified atom stereocenters. The molecule has 0 spiro atoms. The Morgan fingerprint density at radius 2 is 1.96 bits per heavy atom. The minimum Gasteiger partial charge on any atom is -0.493 e. The van der Waals surface area contributed by atoms with E-state index in [1.165, 1.54) is 43.5 Å².